The van der Waals surface area contributed by atoms with E-state index in [0.29, 0.717) is 12.4 Å². The van der Waals surface area contributed by atoms with Crippen LogP contribution in [0.5, 0.6) is 0 Å². The van der Waals surface area contributed by atoms with E-state index in [2.05, 4.69) is 20.3 Å². The van der Waals surface area contributed by atoms with Crippen LogP contribution in [0.25, 0.3) is 0 Å². The van der Waals surface area contributed by atoms with Gasteiger partial charge >= 0.3 is 0 Å². The highest BCUT2D eigenvalue weighted by molar-refractivity contribution is 6.28. The molecule has 0 spiro atoms. The largest absolute Gasteiger partial charge is 0.451 e. The summed E-state index contributed by atoms with van der Waals surface area (Å²) in [4.78, 5) is 11.9. The Bertz CT molecular complexity index is 423. The number of nitrogens with one attached hydrogen (secondary N) is 1. The summed E-state index contributed by atoms with van der Waals surface area (Å²) in [5, 5.41) is 3.30. The zero-order chi connectivity index (χ0) is 10.7. The maximum absolute atomic E-state index is 5.71. The van der Waals surface area contributed by atoms with Gasteiger partial charge in [-0.25, -0.2) is 15.0 Å². The molecule has 0 fully saturated rings. The van der Waals surface area contributed by atoms with Gasteiger partial charge in [0.2, 0.25) is 5.28 Å². The van der Waals surface area contributed by atoms with Crippen LogP contribution in [0.15, 0.2) is 23.1 Å². The van der Waals surface area contributed by atoms with Crippen molar-refractivity contribution in [1.82, 2.24) is 15.0 Å². The molecule has 0 aliphatic rings. The Morgan fingerprint density at radius 3 is 3.00 bits per heavy atom. The van der Waals surface area contributed by atoms with Crippen LogP contribution in [0.2, 0.25) is 5.28 Å². The second kappa shape index (κ2) is 4.27. The molecule has 0 atom stereocenters. The Labute approximate surface area is 91.5 Å². The number of rotatable bonds is 3. The third-order valence-electron chi connectivity index (χ3n) is 1.76. The van der Waals surface area contributed by atoms with E-state index in [1.54, 1.807) is 6.26 Å². The van der Waals surface area contributed by atoms with Gasteiger partial charge in [-0.3, -0.25) is 0 Å². The van der Waals surface area contributed by atoms with Crippen LogP contribution in [0, 0.1) is 6.92 Å². The van der Waals surface area contributed by atoms with E-state index in [1.807, 2.05) is 13.0 Å². The minimum Gasteiger partial charge on any atom is -0.451 e. The van der Waals surface area contributed by atoms with Gasteiger partial charge in [0.25, 0.3) is 0 Å². The molecule has 5 nitrogen and oxygen atoms in total. The number of hydrogen-bond donors (Lipinski definition) is 1. The minimum atomic E-state index is 0.234. The van der Waals surface area contributed by atoms with Gasteiger partial charge in [-0.05, 0) is 18.5 Å². The molecule has 0 saturated carbocycles. The molecule has 78 valence electrons. The molecule has 0 amide bonds. The van der Waals surface area contributed by atoms with Crippen molar-refractivity contribution >= 4 is 17.4 Å². The minimum absolute atomic E-state index is 0.234. The van der Waals surface area contributed by atoms with Gasteiger partial charge in [0, 0.05) is 11.8 Å². The lowest BCUT2D eigenvalue weighted by Gasteiger charge is -2.03. The van der Waals surface area contributed by atoms with Crippen molar-refractivity contribution in [3.63, 3.8) is 0 Å². The number of aromatic nitrogens is 3. The lowest BCUT2D eigenvalue weighted by Crippen LogP contribution is -2.02. The lowest BCUT2D eigenvalue weighted by atomic mass is 10.4. The van der Waals surface area contributed by atoms with Gasteiger partial charge in [-0.15, -0.1) is 0 Å². The average Bonchev–Trinajstić information content (AvgIpc) is 2.65. The molecule has 0 unspecified atom stereocenters. The van der Waals surface area contributed by atoms with Crippen molar-refractivity contribution < 1.29 is 4.42 Å². The van der Waals surface area contributed by atoms with E-state index < -0.39 is 0 Å². The molecule has 0 aromatic carbocycles. The number of halogens is 1. The smallest absolute Gasteiger partial charge is 0.224 e. The topological polar surface area (TPSA) is 63.8 Å². The molecule has 15 heavy (non-hydrogen) atoms. The summed E-state index contributed by atoms with van der Waals surface area (Å²) in [6, 6.07) is 1.81. The summed E-state index contributed by atoms with van der Waals surface area (Å²) < 4.78 is 4.84. The summed E-state index contributed by atoms with van der Waals surface area (Å²) in [5.74, 6) is 0.676. The normalized spacial score (nSPS) is 10.3. The van der Waals surface area contributed by atoms with Gasteiger partial charge in [0.15, 0.2) is 6.39 Å². The zero-order valence-corrected chi connectivity index (χ0v) is 8.82. The van der Waals surface area contributed by atoms with E-state index >= 15 is 0 Å². The molecule has 2 aromatic heterocycles. The fraction of sp³-hybridized carbons (Fsp3) is 0.222. The second-order valence-electron chi connectivity index (χ2n) is 3.00. The monoisotopic (exact) mass is 224 g/mol. The highest BCUT2D eigenvalue weighted by Gasteiger charge is 2.00. The van der Waals surface area contributed by atoms with E-state index in [0.717, 1.165) is 11.4 Å². The Balaban J connectivity index is 2.05. The first-order valence-electron chi connectivity index (χ1n) is 4.36. The van der Waals surface area contributed by atoms with Crippen LogP contribution < -0.4 is 5.32 Å². The highest BCUT2D eigenvalue weighted by atomic mass is 35.5. The molecule has 0 saturated heterocycles. The number of nitrogens with zero attached hydrogens (tertiary/aromatic N) is 3. The van der Waals surface area contributed by atoms with Gasteiger partial charge in [0.05, 0.1) is 12.2 Å². The maximum Gasteiger partial charge on any atom is 0.224 e. The Morgan fingerprint density at radius 2 is 2.33 bits per heavy atom. The number of oxazole rings is 1. The summed E-state index contributed by atoms with van der Waals surface area (Å²) in [7, 11) is 0. The second-order valence-corrected chi connectivity index (χ2v) is 3.33. The van der Waals surface area contributed by atoms with E-state index in [1.165, 1.54) is 6.39 Å². The Kier molecular flexibility index (Phi) is 2.82. The van der Waals surface area contributed by atoms with Crippen molar-refractivity contribution in [3.05, 3.63) is 35.4 Å². The molecule has 0 radical (unpaired) electrons. The van der Waals surface area contributed by atoms with Crippen molar-refractivity contribution in [1.29, 1.82) is 0 Å². The van der Waals surface area contributed by atoms with Gasteiger partial charge in [0.1, 0.15) is 12.1 Å². The standard InChI is InChI=1S/C9H9ClN4O/c1-6-2-8(14-9(10)13-6)11-3-7-4-15-5-12-7/h2,4-5H,3H2,1H3,(H,11,13,14). The van der Waals surface area contributed by atoms with Gasteiger partial charge in [-0.1, -0.05) is 0 Å². The zero-order valence-electron chi connectivity index (χ0n) is 8.07. The third kappa shape index (κ3) is 2.66. The van der Waals surface area contributed by atoms with E-state index in [9.17, 15) is 0 Å². The molecule has 0 aliphatic heterocycles. The van der Waals surface area contributed by atoms with Crippen molar-refractivity contribution in [2.24, 2.45) is 0 Å². The van der Waals surface area contributed by atoms with Crippen LogP contribution in [-0.4, -0.2) is 15.0 Å². The Morgan fingerprint density at radius 1 is 1.47 bits per heavy atom. The summed E-state index contributed by atoms with van der Waals surface area (Å²) in [6.45, 7) is 2.40. The predicted molar refractivity (Wildman–Crippen MR) is 55.6 cm³/mol. The number of hydrogen-bond acceptors (Lipinski definition) is 5. The molecule has 6 heteroatoms. The van der Waals surface area contributed by atoms with E-state index in [4.69, 9.17) is 16.0 Å². The molecule has 1 N–H and O–H groups in total. The Hall–Kier alpha value is -1.62. The third-order valence-corrected chi connectivity index (χ3v) is 1.93. The van der Waals surface area contributed by atoms with E-state index in [-0.39, 0.29) is 5.28 Å². The number of aryl methyl sites for hydroxylation is 1. The lowest BCUT2D eigenvalue weighted by molar-refractivity contribution is 0.556. The van der Waals surface area contributed by atoms with Gasteiger partial charge in [-0.2, -0.15) is 0 Å². The highest BCUT2D eigenvalue weighted by Crippen LogP contribution is 2.10. The first-order chi connectivity index (χ1) is 7.24. The molecule has 0 bridgehead atoms. The summed E-state index contributed by atoms with van der Waals surface area (Å²) in [5.41, 5.74) is 1.63. The van der Waals surface area contributed by atoms with Crippen molar-refractivity contribution in [2.45, 2.75) is 13.5 Å². The SMILES string of the molecule is Cc1cc(NCc2cocn2)nc(Cl)n1. The number of anilines is 1. The molecular formula is C9H9ClN4O. The molecular weight excluding hydrogens is 216 g/mol. The first kappa shape index (κ1) is 9.92. The fourth-order valence-electron chi connectivity index (χ4n) is 1.13. The molecule has 2 aromatic rings. The summed E-state index contributed by atoms with van der Waals surface area (Å²) >= 11 is 5.71. The van der Waals surface area contributed by atoms with Crippen LogP contribution >= 0.6 is 11.6 Å². The first-order valence-corrected chi connectivity index (χ1v) is 4.74. The van der Waals surface area contributed by atoms with Crippen LogP contribution in [0.1, 0.15) is 11.4 Å². The maximum atomic E-state index is 5.71. The quantitative estimate of drug-likeness (QED) is 0.809. The molecule has 0 aliphatic carbocycles. The van der Waals surface area contributed by atoms with Crippen LogP contribution in [0.3, 0.4) is 0 Å². The predicted octanol–water partition coefficient (Wildman–Crippen LogP) is 2.04. The van der Waals surface area contributed by atoms with Crippen LogP contribution in [0.4, 0.5) is 5.82 Å². The average molecular weight is 225 g/mol. The fourth-order valence-corrected chi connectivity index (χ4v) is 1.35. The van der Waals surface area contributed by atoms with Gasteiger partial charge < -0.3 is 9.73 Å². The summed E-state index contributed by atoms with van der Waals surface area (Å²) in [6.07, 6.45) is 2.96. The van der Waals surface area contributed by atoms with Crippen molar-refractivity contribution in [3.8, 4) is 0 Å². The van der Waals surface area contributed by atoms with Crippen LogP contribution in [-0.2, 0) is 6.54 Å². The molecule has 2 heterocycles. The van der Waals surface area contributed by atoms with Crippen molar-refractivity contribution in [2.75, 3.05) is 5.32 Å². The molecule has 2 rings (SSSR count).